The molecule has 5 amide bonds. The summed E-state index contributed by atoms with van der Waals surface area (Å²) in [5.74, 6) is 6.77. The number of aromatic nitrogens is 5. The van der Waals surface area contributed by atoms with Crippen molar-refractivity contribution in [3.05, 3.63) is 125 Å². The number of nitrogens with two attached hydrogens (primary N) is 2. The van der Waals surface area contributed by atoms with Crippen molar-refractivity contribution in [3.63, 3.8) is 0 Å². The van der Waals surface area contributed by atoms with Gasteiger partial charge in [0.2, 0.25) is 17.7 Å². The van der Waals surface area contributed by atoms with Crippen LogP contribution in [0.2, 0.25) is 0 Å². The van der Waals surface area contributed by atoms with E-state index in [2.05, 4.69) is 41.4 Å². The van der Waals surface area contributed by atoms with Gasteiger partial charge in [-0.2, -0.15) is 0 Å². The molecule has 1 atom stereocenters. The SMILES string of the molecule is Cn1c(CNc2cccc(C(=O)NCc3cccc(OCCCCCN(N)/C=C(\N)CCCCC(=O)Nc4cccc5c4CN(C4CCC(=O)NC4=O)C5=O)c3)c2)nnc1-c1ccncn1. The second-order valence-corrected chi connectivity index (χ2v) is 16.2. The van der Waals surface area contributed by atoms with Crippen molar-refractivity contribution in [2.45, 2.75) is 83.5 Å². The molecule has 0 saturated carbocycles. The fraction of sp³-hybridized carbons (Fsp3) is 0.340. The first kappa shape index (κ1) is 46.3. The fourth-order valence-corrected chi connectivity index (χ4v) is 7.78. The second kappa shape index (κ2) is 22.3. The molecule has 19 heteroatoms. The number of hydrogen-bond donors (Lipinski definition) is 6. The van der Waals surface area contributed by atoms with Crippen molar-refractivity contribution in [1.82, 2.24) is 45.3 Å². The van der Waals surface area contributed by atoms with E-state index in [1.165, 1.54) is 11.2 Å². The Kier molecular flexibility index (Phi) is 15.6. The first-order valence-electron chi connectivity index (χ1n) is 22.0. The molecule has 2 aliphatic heterocycles. The van der Waals surface area contributed by atoms with E-state index in [0.717, 1.165) is 36.3 Å². The van der Waals surface area contributed by atoms with Crippen molar-refractivity contribution in [1.29, 1.82) is 0 Å². The van der Waals surface area contributed by atoms with Crippen LogP contribution < -0.4 is 37.6 Å². The Morgan fingerprint density at radius 2 is 1.79 bits per heavy atom. The molecule has 1 unspecified atom stereocenters. The zero-order chi connectivity index (χ0) is 46.4. The molecule has 7 rings (SSSR count). The number of ether oxygens (including phenoxy) is 1. The Labute approximate surface area is 382 Å². The summed E-state index contributed by atoms with van der Waals surface area (Å²) >= 11 is 0. The van der Waals surface area contributed by atoms with E-state index in [-0.39, 0.29) is 49.4 Å². The highest BCUT2D eigenvalue weighted by molar-refractivity contribution is 6.06. The van der Waals surface area contributed by atoms with Gasteiger partial charge in [-0.05, 0) is 99.0 Å². The summed E-state index contributed by atoms with van der Waals surface area (Å²) in [6.45, 7) is 2.08. The highest BCUT2D eigenvalue weighted by Gasteiger charge is 2.40. The molecule has 344 valence electrons. The van der Waals surface area contributed by atoms with Crippen LogP contribution in [0.4, 0.5) is 11.4 Å². The predicted octanol–water partition coefficient (Wildman–Crippen LogP) is 4.30. The predicted molar refractivity (Wildman–Crippen MR) is 246 cm³/mol. The van der Waals surface area contributed by atoms with Gasteiger partial charge in [0.1, 0.15) is 23.8 Å². The molecule has 2 aromatic heterocycles. The summed E-state index contributed by atoms with van der Waals surface area (Å²) in [5.41, 5.74) is 11.4. The van der Waals surface area contributed by atoms with Crippen molar-refractivity contribution in [2.75, 3.05) is 23.8 Å². The van der Waals surface area contributed by atoms with Gasteiger partial charge in [0.15, 0.2) is 11.6 Å². The van der Waals surface area contributed by atoms with Gasteiger partial charge in [-0.15, -0.1) is 10.2 Å². The summed E-state index contributed by atoms with van der Waals surface area (Å²) in [7, 11) is 1.88. The summed E-state index contributed by atoms with van der Waals surface area (Å²) in [5, 5.41) is 21.7. The number of hydrazine groups is 1. The number of piperidine rings is 1. The number of anilines is 2. The Hall–Kier alpha value is -7.67. The van der Waals surface area contributed by atoms with Crippen molar-refractivity contribution in [2.24, 2.45) is 18.6 Å². The van der Waals surface area contributed by atoms with E-state index in [1.54, 1.807) is 53.8 Å². The van der Waals surface area contributed by atoms with Crippen LogP contribution in [0, 0.1) is 0 Å². The normalized spacial score (nSPS) is 14.7. The second-order valence-electron chi connectivity index (χ2n) is 16.2. The Morgan fingerprint density at radius 1 is 0.955 bits per heavy atom. The Morgan fingerprint density at radius 3 is 2.62 bits per heavy atom. The van der Waals surface area contributed by atoms with Crippen LogP contribution >= 0.6 is 0 Å². The molecule has 19 nitrogen and oxygen atoms in total. The van der Waals surface area contributed by atoms with Crippen molar-refractivity contribution >= 4 is 40.9 Å². The number of rotatable bonds is 22. The number of carbonyl (C=O) groups excluding carboxylic acids is 5. The molecule has 3 aromatic carbocycles. The summed E-state index contributed by atoms with van der Waals surface area (Å²) in [4.78, 5) is 72.7. The van der Waals surface area contributed by atoms with E-state index < -0.39 is 11.9 Å². The van der Waals surface area contributed by atoms with Gasteiger partial charge in [0.05, 0.1) is 13.2 Å². The average Bonchev–Trinajstić information content (AvgIpc) is 3.86. The lowest BCUT2D eigenvalue weighted by Crippen LogP contribution is -2.52. The molecule has 1 fully saturated rings. The third-order valence-electron chi connectivity index (χ3n) is 11.3. The van der Waals surface area contributed by atoms with E-state index in [4.69, 9.17) is 16.3 Å². The van der Waals surface area contributed by atoms with Gasteiger partial charge in [0, 0.05) is 85.7 Å². The quantitative estimate of drug-likeness (QED) is 0.0245. The Balaban J connectivity index is 0.745. The minimum absolute atomic E-state index is 0.171. The van der Waals surface area contributed by atoms with Crippen LogP contribution in [0.25, 0.3) is 11.5 Å². The highest BCUT2D eigenvalue weighted by Crippen LogP contribution is 2.32. The molecule has 0 spiro atoms. The third-order valence-corrected chi connectivity index (χ3v) is 11.3. The Bertz CT molecular complexity index is 2560. The maximum Gasteiger partial charge on any atom is 0.255 e. The lowest BCUT2D eigenvalue weighted by atomic mass is 10.0. The van der Waals surface area contributed by atoms with Crippen LogP contribution in [-0.2, 0) is 41.1 Å². The fourth-order valence-electron chi connectivity index (χ4n) is 7.78. The van der Waals surface area contributed by atoms with Gasteiger partial charge in [-0.3, -0.25) is 29.3 Å². The number of hydrogen-bond acceptors (Lipinski definition) is 14. The maximum absolute atomic E-state index is 13.1. The lowest BCUT2D eigenvalue weighted by Gasteiger charge is -2.29. The molecule has 0 aliphatic carbocycles. The first-order valence-corrected chi connectivity index (χ1v) is 22.0. The number of unbranched alkanes of at least 4 members (excludes halogenated alkanes) is 3. The molecular formula is C47H55N13O6. The van der Waals surface area contributed by atoms with E-state index in [0.29, 0.717) is 90.9 Å². The number of benzene rings is 3. The van der Waals surface area contributed by atoms with Gasteiger partial charge in [-0.1, -0.05) is 24.3 Å². The molecule has 1 saturated heterocycles. The minimum Gasteiger partial charge on any atom is -0.494 e. The average molecular weight is 898 g/mol. The minimum atomic E-state index is -0.725. The van der Waals surface area contributed by atoms with Gasteiger partial charge in [-0.25, -0.2) is 15.8 Å². The molecule has 8 N–H and O–H groups in total. The van der Waals surface area contributed by atoms with Gasteiger partial charge < -0.3 is 40.9 Å². The zero-order valence-electron chi connectivity index (χ0n) is 36.9. The van der Waals surface area contributed by atoms with Crippen LogP contribution in [-0.4, -0.2) is 83.4 Å². The molecule has 66 heavy (non-hydrogen) atoms. The zero-order valence-corrected chi connectivity index (χ0v) is 36.9. The number of nitrogens with zero attached hydrogens (tertiary/aromatic N) is 7. The molecule has 5 aromatic rings. The maximum atomic E-state index is 13.1. The van der Waals surface area contributed by atoms with Crippen molar-refractivity contribution < 1.29 is 28.7 Å². The molecule has 0 bridgehead atoms. The van der Waals surface area contributed by atoms with E-state index >= 15 is 0 Å². The monoisotopic (exact) mass is 897 g/mol. The summed E-state index contributed by atoms with van der Waals surface area (Å²) in [6, 6.07) is 21.1. The van der Waals surface area contributed by atoms with Crippen LogP contribution in [0.1, 0.15) is 95.5 Å². The third kappa shape index (κ3) is 12.3. The van der Waals surface area contributed by atoms with Crippen molar-refractivity contribution in [3.8, 4) is 17.3 Å². The van der Waals surface area contributed by atoms with Gasteiger partial charge >= 0.3 is 0 Å². The molecular weight excluding hydrogens is 843 g/mol. The lowest BCUT2D eigenvalue weighted by molar-refractivity contribution is -0.137. The van der Waals surface area contributed by atoms with Crippen LogP contribution in [0.15, 0.2) is 97.2 Å². The topological polar surface area (TPSA) is 258 Å². The summed E-state index contributed by atoms with van der Waals surface area (Å²) in [6.07, 6.45) is 10.0. The molecule has 0 radical (unpaired) electrons. The smallest absolute Gasteiger partial charge is 0.255 e. The highest BCUT2D eigenvalue weighted by atomic mass is 16.5. The summed E-state index contributed by atoms with van der Waals surface area (Å²) < 4.78 is 7.87. The molecule has 2 aliphatic rings. The number of carbonyl (C=O) groups is 5. The number of nitrogens with one attached hydrogen (secondary N) is 4. The molecule has 4 heterocycles. The van der Waals surface area contributed by atoms with E-state index in [1.807, 2.05) is 48.0 Å². The number of imide groups is 1. The first-order chi connectivity index (χ1) is 32.0. The van der Waals surface area contributed by atoms with Crippen LogP contribution in [0.5, 0.6) is 5.75 Å². The number of allylic oxidation sites excluding steroid dienone is 1. The number of amides is 5. The van der Waals surface area contributed by atoms with Crippen LogP contribution in [0.3, 0.4) is 0 Å². The largest absolute Gasteiger partial charge is 0.494 e. The van der Waals surface area contributed by atoms with Gasteiger partial charge in [0.25, 0.3) is 11.8 Å². The number of fused-ring (bicyclic) bond motifs is 1. The van der Waals surface area contributed by atoms with E-state index in [9.17, 15) is 24.0 Å². The standard InChI is InChI=1S/C47H55N13O6/c1-58-41(56-57-44(58)39-20-21-50-30-53-39)27-51-34-13-8-11-32(25-34)45(63)52-26-31-10-7-14-35(24-31)66-23-6-2-5-22-59(49)28-33(48)12-3-4-17-42(61)54-38-16-9-15-36-37(38)29-60(47(36)65)40-18-19-43(62)55-46(40)64/h7-11,13-16,20-21,24-25,28,30,40,51H,2-6,12,17-19,22-23,26-27,29,48-49H2,1H3,(H,52,63)(H,54,61)(H,55,62,64)/b33-28-.